The molecule has 2 N–H and O–H groups in total. The lowest BCUT2D eigenvalue weighted by Crippen LogP contribution is -2.27. The maximum absolute atomic E-state index is 11.5. The van der Waals surface area contributed by atoms with Gasteiger partial charge in [0.25, 0.3) is 0 Å². The van der Waals surface area contributed by atoms with Crippen LogP contribution in [0, 0.1) is 11.8 Å². The molecule has 1 aliphatic carbocycles. The predicted molar refractivity (Wildman–Crippen MR) is 60.6 cm³/mol. The number of amides is 1. The van der Waals surface area contributed by atoms with Gasteiger partial charge in [0.2, 0.25) is 5.91 Å². The minimum Gasteiger partial charge on any atom is -0.356 e. The van der Waals surface area contributed by atoms with Crippen molar-refractivity contribution in [1.29, 1.82) is 0 Å². The van der Waals surface area contributed by atoms with Crippen molar-refractivity contribution in [2.45, 2.75) is 38.5 Å². The highest BCUT2D eigenvalue weighted by Crippen LogP contribution is 2.33. The normalized spacial score (nSPS) is 25.5. The number of nitrogens with one attached hydrogen (secondary N) is 2. The van der Waals surface area contributed by atoms with Gasteiger partial charge in [-0.25, -0.2) is 0 Å². The Labute approximate surface area is 92.0 Å². The fourth-order valence-electron chi connectivity index (χ4n) is 2.25. The highest BCUT2D eigenvalue weighted by atomic mass is 16.1. The molecule has 1 saturated heterocycles. The van der Waals surface area contributed by atoms with Crippen LogP contribution in [0.15, 0.2) is 0 Å². The molecule has 1 aliphatic heterocycles. The summed E-state index contributed by atoms with van der Waals surface area (Å²) in [5.74, 6) is 1.81. The van der Waals surface area contributed by atoms with Crippen LogP contribution in [0.1, 0.15) is 38.5 Å². The summed E-state index contributed by atoms with van der Waals surface area (Å²) in [7, 11) is 0. The largest absolute Gasteiger partial charge is 0.356 e. The monoisotopic (exact) mass is 210 g/mol. The first kappa shape index (κ1) is 10.9. The molecule has 1 heterocycles. The van der Waals surface area contributed by atoms with Gasteiger partial charge in [-0.3, -0.25) is 4.79 Å². The van der Waals surface area contributed by atoms with Gasteiger partial charge in [-0.1, -0.05) is 12.8 Å². The fourth-order valence-corrected chi connectivity index (χ4v) is 2.25. The molecule has 1 unspecified atom stereocenters. The molecule has 1 atom stereocenters. The lowest BCUT2D eigenvalue weighted by Gasteiger charge is -2.08. The van der Waals surface area contributed by atoms with Crippen molar-refractivity contribution in [1.82, 2.24) is 10.6 Å². The summed E-state index contributed by atoms with van der Waals surface area (Å²) in [6.45, 7) is 2.99. The van der Waals surface area contributed by atoms with E-state index >= 15 is 0 Å². The van der Waals surface area contributed by atoms with E-state index in [1.165, 1.54) is 25.7 Å². The Balaban J connectivity index is 1.47. The van der Waals surface area contributed by atoms with Crippen LogP contribution in [0.5, 0.6) is 0 Å². The zero-order valence-electron chi connectivity index (χ0n) is 9.43. The summed E-state index contributed by atoms with van der Waals surface area (Å²) in [5.41, 5.74) is 0. The molecule has 2 aliphatic rings. The van der Waals surface area contributed by atoms with Crippen molar-refractivity contribution < 1.29 is 4.79 Å². The second kappa shape index (κ2) is 5.50. The third-order valence-electron chi connectivity index (χ3n) is 3.44. The number of rotatable bonds is 6. The molecule has 0 spiro atoms. The molecule has 3 heteroatoms. The summed E-state index contributed by atoms with van der Waals surface area (Å²) in [6.07, 6.45) is 7.19. The van der Waals surface area contributed by atoms with E-state index in [1.807, 2.05) is 0 Å². The van der Waals surface area contributed by atoms with Gasteiger partial charge in [-0.2, -0.15) is 0 Å². The van der Waals surface area contributed by atoms with Gasteiger partial charge in [0.05, 0.1) is 0 Å². The fraction of sp³-hybridized carbons (Fsp3) is 0.917. The first-order chi connectivity index (χ1) is 7.34. The molecule has 0 radical (unpaired) electrons. The Morgan fingerprint density at radius 2 is 2.13 bits per heavy atom. The average Bonchev–Trinajstić information content (AvgIpc) is 2.91. The molecule has 1 amide bonds. The highest BCUT2D eigenvalue weighted by Gasteiger charge is 2.20. The molecule has 0 aromatic heterocycles. The molecule has 2 rings (SSSR count). The molecule has 86 valence electrons. The molecule has 0 bridgehead atoms. The smallest absolute Gasteiger partial charge is 0.220 e. The van der Waals surface area contributed by atoms with E-state index in [4.69, 9.17) is 0 Å². The second-order valence-corrected chi connectivity index (χ2v) is 5.00. The van der Waals surface area contributed by atoms with Gasteiger partial charge in [0.1, 0.15) is 0 Å². The number of hydrogen-bond acceptors (Lipinski definition) is 2. The zero-order valence-corrected chi connectivity index (χ0v) is 9.43. The lowest BCUT2D eigenvalue weighted by atomic mass is 10.0. The van der Waals surface area contributed by atoms with Crippen LogP contribution in [0.25, 0.3) is 0 Å². The molecule has 3 nitrogen and oxygen atoms in total. The molecule has 2 fully saturated rings. The van der Waals surface area contributed by atoms with Crippen molar-refractivity contribution in [3.05, 3.63) is 0 Å². The van der Waals surface area contributed by atoms with E-state index in [0.717, 1.165) is 38.4 Å². The van der Waals surface area contributed by atoms with Gasteiger partial charge in [0, 0.05) is 13.0 Å². The average molecular weight is 210 g/mol. The lowest BCUT2D eigenvalue weighted by molar-refractivity contribution is -0.121. The van der Waals surface area contributed by atoms with E-state index < -0.39 is 0 Å². The van der Waals surface area contributed by atoms with Gasteiger partial charge in [0.15, 0.2) is 0 Å². The summed E-state index contributed by atoms with van der Waals surface area (Å²) >= 11 is 0. The Morgan fingerprint density at radius 1 is 1.27 bits per heavy atom. The second-order valence-electron chi connectivity index (χ2n) is 5.00. The standard InChI is InChI=1S/C12H22N2O/c15-12(8-11-5-7-13-9-11)14-6-1-2-10-3-4-10/h10-11,13H,1-9H2,(H,14,15). The van der Waals surface area contributed by atoms with Gasteiger partial charge in [-0.05, 0) is 44.2 Å². The van der Waals surface area contributed by atoms with E-state index in [9.17, 15) is 4.79 Å². The summed E-state index contributed by atoms with van der Waals surface area (Å²) < 4.78 is 0. The van der Waals surface area contributed by atoms with Crippen LogP contribution < -0.4 is 10.6 Å². The third kappa shape index (κ3) is 4.20. The maximum atomic E-state index is 11.5. The zero-order chi connectivity index (χ0) is 10.5. The predicted octanol–water partition coefficient (Wildman–Crippen LogP) is 1.29. The van der Waals surface area contributed by atoms with Gasteiger partial charge in [-0.15, -0.1) is 0 Å². The van der Waals surface area contributed by atoms with E-state index in [1.54, 1.807) is 0 Å². The van der Waals surface area contributed by atoms with E-state index in [-0.39, 0.29) is 5.91 Å². The van der Waals surface area contributed by atoms with Gasteiger partial charge >= 0.3 is 0 Å². The molecule has 0 aromatic rings. The topological polar surface area (TPSA) is 41.1 Å². The minimum atomic E-state index is 0.250. The summed E-state index contributed by atoms with van der Waals surface area (Å²) in [4.78, 5) is 11.5. The molecule has 15 heavy (non-hydrogen) atoms. The third-order valence-corrected chi connectivity index (χ3v) is 3.44. The highest BCUT2D eigenvalue weighted by molar-refractivity contribution is 5.76. The number of carbonyl (C=O) groups is 1. The Hall–Kier alpha value is -0.570. The van der Waals surface area contributed by atoms with Crippen molar-refractivity contribution in [2.75, 3.05) is 19.6 Å². The van der Waals surface area contributed by atoms with Crippen LogP contribution >= 0.6 is 0 Å². The first-order valence-corrected chi connectivity index (χ1v) is 6.32. The van der Waals surface area contributed by atoms with Crippen LogP contribution in [0.3, 0.4) is 0 Å². The maximum Gasteiger partial charge on any atom is 0.220 e. The molecule has 0 aromatic carbocycles. The van der Waals surface area contributed by atoms with Crippen molar-refractivity contribution in [3.8, 4) is 0 Å². The minimum absolute atomic E-state index is 0.250. The summed E-state index contributed by atoms with van der Waals surface area (Å²) in [5, 5.41) is 6.31. The number of hydrogen-bond donors (Lipinski definition) is 2. The van der Waals surface area contributed by atoms with Crippen molar-refractivity contribution >= 4 is 5.91 Å². The Kier molecular flexibility index (Phi) is 4.01. The van der Waals surface area contributed by atoms with Gasteiger partial charge < -0.3 is 10.6 Å². The van der Waals surface area contributed by atoms with Crippen molar-refractivity contribution in [2.24, 2.45) is 11.8 Å². The Bertz CT molecular complexity index is 208. The SMILES string of the molecule is O=C(CC1CCNC1)NCCCC1CC1. The molecular formula is C12H22N2O. The molecular weight excluding hydrogens is 188 g/mol. The molecule has 1 saturated carbocycles. The van der Waals surface area contributed by atoms with E-state index in [0.29, 0.717) is 5.92 Å². The van der Waals surface area contributed by atoms with E-state index in [2.05, 4.69) is 10.6 Å². The van der Waals surface area contributed by atoms with Crippen LogP contribution in [0.4, 0.5) is 0 Å². The Morgan fingerprint density at radius 3 is 2.80 bits per heavy atom. The van der Waals surface area contributed by atoms with Crippen LogP contribution in [0.2, 0.25) is 0 Å². The quantitative estimate of drug-likeness (QED) is 0.649. The van der Waals surface area contributed by atoms with Crippen LogP contribution in [-0.4, -0.2) is 25.5 Å². The summed E-state index contributed by atoms with van der Waals surface area (Å²) in [6, 6.07) is 0. The first-order valence-electron chi connectivity index (χ1n) is 6.32. The van der Waals surface area contributed by atoms with Crippen LogP contribution in [-0.2, 0) is 4.79 Å². The van der Waals surface area contributed by atoms with Crippen molar-refractivity contribution in [3.63, 3.8) is 0 Å². The number of carbonyl (C=O) groups excluding carboxylic acids is 1.